The number of ketones is 1. The Bertz CT molecular complexity index is 789. The second-order valence-electron chi connectivity index (χ2n) is 7.21. The van der Waals surface area contributed by atoms with Crippen LogP contribution in [0.5, 0.6) is 5.75 Å². The molecular formula is C21H24F2O4. The molecule has 4 atom stereocenters. The molecule has 1 saturated heterocycles. The molecule has 0 saturated carbocycles. The molecule has 27 heavy (non-hydrogen) atoms. The number of carbonyl (C=O) groups excluding carboxylic acids is 1. The summed E-state index contributed by atoms with van der Waals surface area (Å²) in [4.78, 5) is 12.3. The lowest BCUT2D eigenvalue weighted by atomic mass is 9.71. The molecule has 3 rings (SSSR count). The molecular weight excluding hydrogens is 354 g/mol. The number of methoxy groups -OCH3 is 1. The van der Waals surface area contributed by atoms with Crippen molar-refractivity contribution in [3.05, 3.63) is 53.8 Å². The van der Waals surface area contributed by atoms with Crippen molar-refractivity contribution in [3.8, 4) is 5.75 Å². The van der Waals surface area contributed by atoms with Crippen molar-refractivity contribution in [1.82, 2.24) is 0 Å². The molecule has 1 aliphatic heterocycles. The number of carbonyl (C=O) groups is 1. The number of ether oxygens (including phenoxy) is 3. The predicted molar refractivity (Wildman–Crippen MR) is 96.2 cm³/mol. The molecule has 6 heteroatoms. The lowest BCUT2D eigenvalue weighted by Crippen LogP contribution is -2.45. The lowest BCUT2D eigenvalue weighted by Gasteiger charge is -2.38. The zero-order chi connectivity index (χ0) is 19.8. The van der Waals surface area contributed by atoms with E-state index in [0.29, 0.717) is 18.6 Å². The van der Waals surface area contributed by atoms with E-state index in [1.807, 2.05) is 6.92 Å². The summed E-state index contributed by atoms with van der Waals surface area (Å²) in [5.74, 6) is -1.34. The second-order valence-corrected chi connectivity index (χ2v) is 7.21. The number of fused-ring (bicyclic) bond motifs is 1. The van der Waals surface area contributed by atoms with E-state index in [-0.39, 0.29) is 35.4 Å². The Morgan fingerprint density at radius 1 is 1.41 bits per heavy atom. The molecule has 0 amide bonds. The van der Waals surface area contributed by atoms with Gasteiger partial charge in [-0.05, 0) is 43.7 Å². The van der Waals surface area contributed by atoms with Crippen molar-refractivity contribution < 1.29 is 27.8 Å². The number of benzene rings is 1. The first-order valence-electron chi connectivity index (χ1n) is 9.04. The van der Waals surface area contributed by atoms with Gasteiger partial charge in [0.2, 0.25) is 0 Å². The van der Waals surface area contributed by atoms with Crippen LogP contribution in [0.2, 0.25) is 0 Å². The van der Waals surface area contributed by atoms with Crippen molar-refractivity contribution in [2.24, 2.45) is 11.8 Å². The first kappa shape index (κ1) is 19.5. The van der Waals surface area contributed by atoms with Gasteiger partial charge in [0.15, 0.2) is 23.6 Å². The summed E-state index contributed by atoms with van der Waals surface area (Å²) in [5.41, 5.74) is -0.612. The topological polar surface area (TPSA) is 44.8 Å². The second kappa shape index (κ2) is 7.43. The Labute approximate surface area is 157 Å². The Morgan fingerprint density at radius 3 is 2.81 bits per heavy atom. The Hall–Kier alpha value is -2.21. The molecule has 0 bridgehead atoms. The summed E-state index contributed by atoms with van der Waals surface area (Å²) < 4.78 is 45.1. The summed E-state index contributed by atoms with van der Waals surface area (Å²) in [5, 5.41) is 0. The van der Waals surface area contributed by atoms with Crippen LogP contribution < -0.4 is 4.74 Å². The molecule has 1 aromatic carbocycles. The minimum Gasteiger partial charge on any atom is -0.494 e. The third kappa shape index (κ3) is 3.50. The largest absolute Gasteiger partial charge is 0.494 e. The monoisotopic (exact) mass is 378 g/mol. The maximum Gasteiger partial charge on any atom is 0.197 e. The minimum atomic E-state index is -0.843. The van der Waals surface area contributed by atoms with Crippen LogP contribution in [0.25, 0.3) is 0 Å². The first-order valence-corrected chi connectivity index (χ1v) is 9.04. The minimum absolute atomic E-state index is 0.0212. The molecule has 0 N–H and O–H groups in total. The van der Waals surface area contributed by atoms with Gasteiger partial charge < -0.3 is 14.2 Å². The van der Waals surface area contributed by atoms with Gasteiger partial charge in [-0.15, -0.1) is 6.58 Å². The zero-order valence-electron chi connectivity index (χ0n) is 15.8. The van der Waals surface area contributed by atoms with Gasteiger partial charge in [-0.2, -0.15) is 0 Å². The highest BCUT2D eigenvalue weighted by atomic mass is 19.1. The molecule has 4 nitrogen and oxygen atoms in total. The summed E-state index contributed by atoms with van der Waals surface area (Å²) in [7, 11) is 1.29. The van der Waals surface area contributed by atoms with E-state index >= 15 is 0 Å². The Balaban J connectivity index is 1.93. The van der Waals surface area contributed by atoms with Crippen LogP contribution in [-0.2, 0) is 20.7 Å². The molecule has 0 radical (unpaired) electrons. The van der Waals surface area contributed by atoms with E-state index in [0.717, 1.165) is 12.1 Å². The van der Waals surface area contributed by atoms with Gasteiger partial charge in [-0.1, -0.05) is 13.0 Å². The number of allylic oxidation sites excluding steroid dienone is 2. The number of hydrogen-bond acceptors (Lipinski definition) is 4. The lowest BCUT2D eigenvalue weighted by molar-refractivity contribution is -0.127. The van der Waals surface area contributed by atoms with Crippen molar-refractivity contribution in [2.75, 3.05) is 7.11 Å². The Kier molecular flexibility index (Phi) is 5.38. The fourth-order valence-corrected chi connectivity index (χ4v) is 4.01. The van der Waals surface area contributed by atoms with Crippen LogP contribution in [0.4, 0.5) is 8.78 Å². The molecule has 0 unspecified atom stereocenters. The number of rotatable bonds is 6. The predicted octanol–water partition coefficient (Wildman–Crippen LogP) is 4.33. The summed E-state index contributed by atoms with van der Waals surface area (Å²) in [6, 6.07) is 2.20. The Morgan fingerprint density at radius 2 is 2.15 bits per heavy atom. The molecule has 1 aromatic rings. The van der Waals surface area contributed by atoms with Gasteiger partial charge in [0.05, 0.1) is 7.11 Å². The average molecular weight is 378 g/mol. The van der Waals surface area contributed by atoms with Gasteiger partial charge in [0.1, 0.15) is 17.2 Å². The zero-order valence-corrected chi connectivity index (χ0v) is 15.8. The van der Waals surface area contributed by atoms with E-state index in [9.17, 15) is 13.6 Å². The van der Waals surface area contributed by atoms with Crippen molar-refractivity contribution in [3.63, 3.8) is 0 Å². The summed E-state index contributed by atoms with van der Waals surface area (Å²) in [6.07, 6.45) is 3.87. The number of halogens is 2. The van der Waals surface area contributed by atoms with Crippen LogP contribution in [0.1, 0.15) is 32.3 Å². The van der Waals surface area contributed by atoms with Crippen molar-refractivity contribution in [1.29, 1.82) is 0 Å². The molecule has 1 heterocycles. The van der Waals surface area contributed by atoms with E-state index in [1.165, 1.54) is 13.2 Å². The SMILES string of the molecule is C=CC[C@H]1C[C@]2([C@H](C)Cc3cc(F)c(OC)cc3F)O[C@H](C)OC2=CC1=O. The third-order valence-corrected chi connectivity index (χ3v) is 5.41. The van der Waals surface area contributed by atoms with Crippen molar-refractivity contribution in [2.45, 2.75) is 45.0 Å². The number of hydrogen-bond donors (Lipinski definition) is 0. The van der Waals surface area contributed by atoms with Gasteiger partial charge in [0, 0.05) is 18.1 Å². The highest BCUT2D eigenvalue weighted by Crippen LogP contribution is 2.48. The van der Waals surface area contributed by atoms with Crippen LogP contribution in [0, 0.1) is 23.5 Å². The van der Waals surface area contributed by atoms with Crippen molar-refractivity contribution >= 4 is 5.78 Å². The molecule has 1 fully saturated rings. The van der Waals surface area contributed by atoms with Crippen LogP contribution in [0.15, 0.2) is 36.6 Å². The van der Waals surface area contributed by atoms with E-state index in [2.05, 4.69) is 6.58 Å². The molecule has 1 aliphatic carbocycles. The van der Waals surface area contributed by atoms with Crippen LogP contribution >= 0.6 is 0 Å². The van der Waals surface area contributed by atoms with E-state index < -0.39 is 23.5 Å². The maximum atomic E-state index is 14.4. The quantitative estimate of drug-likeness (QED) is 0.691. The standard InChI is InChI=1S/C21H24F2O4/c1-5-6-14-11-21(20(10-18(14)24)26-13(3)27-21)12(2)7-15-8-17(23)19(25-4)9-16(15)22/h5,8-10,12-14H,1,6-7,11H2,2-4H3/t12-,13-,14+,21-/m1/s1. The van der Waals surface area contributed by atoms with E-state index in [4.69, 9.17) is 14.2 Å². The highest BCUT2D eigenvalue weighted by molar-refractivity contribution is 5.93. The maximum absolute atomic E-state index is 14.4. The highest BCUT2D eigenvalue weighted by Gasteiger charge is 2.53. The van der Waals surface area contributed by atoms with Gasteiger partial charge in [0.25, 0.3) is 0 Å². The van der Waals surface area contributed by atoms with Gasteiger partial charge in [-0.25, -0.2) is 8.78 Å². The molecule has 0 spiro atoms. The molecule has 146 valence electrons. The fraction of sp³-hybridized carbons (Fsp3) is 0.476. The van der Waals surface area contributed by atoms with Crippen LogP contribution in [0.3, 0.4) is 0 Å². The summed E-state index contributed by atoms with van der Waals surface area (Å²) in [6.45, 7) is 7.37. The van der Waals surface area contributed by atoms with Gasteiger partial charge in [-0.3, -0.25) is 4.79 Å². The first-order chi connectivity index (χ1) is 12.8. The average Bonchev–Trinajstić information content (AvgIpc) is 2.94. The van der Waals surface area contributed by atoms with Crippen LogP contribution in [-0.4, -0.2) is 24.8 Å². The smallest absolute Gasteiger partial charge is 0.197 e. The van der Waals surface area contributed by atoms with E-state index in [1.54, 1.807) is 13.0 Å². The normalized spacial score (nSPS) is 28.2. The molecule has 0 aromatic heterocycles. The molecule has 2 aliphatic rings. The van der Waals surface area contributed by atoms with Gasteiger partial charge >= 0.3 is 0 Å². The third-order valence-electron chi connectivity index (χ3n) is 5.41. The fourth-order valence-electron chi connectivity index (χ4n) is 4.01. The summed E-state index contributed by atoms with van der Waals surface area (Å²) >= 11 is 0.